The van der Waals surface area contributed by atoms with E-state index in [9.17, 15) is 4.79 Å². The SMILES string of the molecule is CC(C)(N)CNC(=O)c1cncc(-c2cc3ccnc(Cl)c3[nH]2)n1. The first kappa shape index (κ1) is 16.4. The van der Waals surface area contributed by atoms with Crippen LogP contribution in [0.1, 0.15) is 24.3 Å². The quantitative estimate of drug-likeness (QED) is 0.628. The number of halogens is 1. The van der Waals surface area contributed by atoms with Crippen molar-refractivity contribution in [3.63, 3.8) is 0 Å². The summed E-state index contributed by atoms with van der Waals surface area (Å²) in [5, 5.41) is 4.03. The van der Waals surface area contributed by atoms with Gasteiger partial charge in [0.25, 0.3) is 5.91 Å². The second-order valence-corrected chi connectivity index (χ2v) is 6.57. The molecule has 0 atom stereocenters. The van der Waals surface area contributed by atoms with Crippen LogP contribution in [0.25, 0.3) is 22.3 Å². The molecule has 8 heteroatoms. The number of aromatic nitrogens is 4. The number of nitrogens with zero attached hydrogens (tertiary/aromatic N) is 3. The van der Waals surface area contributed by atoms with Crippen molar-refractivity contribution < 1.29 is 4.79 Å². The van der Waals surface area contributed by atoms with Crippen molar-refractivity contribution in [1.82, 2.24) is 25.3 Å². The lowest BCUT2D eigenvalue weighted by atomic mass is 10.1. The van der Waals surface area contributed by atoms with E-state index in [1.54, 1.807) is 12.4 Å². The molecule has 0 aliphatic rings. The monoisotopic (exact) mass is 344 g/mol. The molecular formula is C16H17ClN6O. The van der Waals surface area contributed by atoms with Crippen LogP contribution in [0.4, 0.5) is 0 Å². The summed E-state index contributed by atoms with van der Waals surface area (Å²) in [6, 6.07) is 3.73. The van der Waals surface area contributed by atoms with Gasteiger partial charge in [0.15, 0.2) is 5.15 Å². The van der Waals surface area contributed by atoms with Crippen molar-refractivity contribution in [2.24, 2.45) is 5.73 Å². The Morgan fingerprint density at radius 2 is 2.21 bits per heavy atom. The number of hydrogen-bond acceptors (Lipinski definition) is 5. The molecule has 3 heterocycles. The van der Waals surface area contributed by atoms with Crippen molar-refractivity contribution in [2.45, 2.75) is 19.4 Å². The van der Waals surface area contributed by atoms with Crippen LogP contribution in [0.3, 0.4) is 0 Å². The van der Waals surface area contributed by atoms with Gasteiger partial charge in [-0.1, -0.05) is 11.6 Å². The third-order valence-corrected chi connectivity index (χ3v) is 3.63. The molecule has 0 saturated carbocycles. The van der Waals surface area contributed by atoms with Crippen molar-refractivity contribution in [3.05, 3.63) is 41.6 Å². The molecule has 4 N–H and O–H groups in total. The predicted molar refractivity (Wildman–Crippen MR) is 92.7 cm³/mol. The van der Waals surface area contributed by atoms with Gasteiger partial charge >= 0.3 is 0 Å². The van der Waals surface area contributed by atoms with Gasteiger partial charge in [0, 0.05) is 23.7 Å². The lowest BCUT2D eigenvalue weighted by Crippen LogP contribution is -2.45. The lowest BCUT2D eigenvalue weighted by Gasteiger charge is -2.18. The number of carbonyl (C=O) groups excluding carboxylic acids is 1. The summed E-state index contributed by atoms with van der Waals surface area (Å²) in [6.45, 7) is 4.00. The van der Waals surface area contributed by atoms with E-state index >= 15 is 0 Å². The molecule has 7 nitrogen and oxygen atoms in total. The molecule has 0 unspecified atom stereocenters. The van der Waals surface area contributed by atoms with Crippen LogP contribution in [0.2, 0.25) is 5.15 Å². The molecule has 0 radical (unpaired) electrons. The van der Waals surface area contributed by atoms with Gasteiger partial charge in [-0.3, -0.25) is 9.78 Å². The highest BCUT2D eigenvalue weighted by Gasteiger charge is 2.16. The minimum Gasteiger partial charge on any atom is -0.351 e. The van der Waals surface area contributed by atoms with Crippen LogP contribution in [-0.4, -0.2) is 37.9 Å². The second-order valence-electron chi connectivity index (χ2n) is 6.21. The van der Waals surface area contributed by atoms with E-state index in [0.29, 0.717) is 23.1 Å². The Bertz CT molecular complexity index is 899. The summed E-state index contributed by atoms with van der Waals surface area (Å²) in [5.41, 5.74) is 7.56. The summed E-state index contributed by atoms with van der Waals surface area (Å²) >= 11 is 6.07. The molecule has 24 heavy (non-hydrogen) atoms. The van der Waals surface area contributed by atoms with Crippen LogP contribution < -0.4 is 11.1 Å². The fourth-order valence-corrected chi connectivity index (χ4v) is 2.37. The molecule has 0 spiro atoms. The van der Waals surface area contributed by atoms with E-state index in [1.807, 2.05) is 26.0 Å². The summed E-state index contributed by atoms with van der Waals surface area (Å²) in [4.78, 5) is 27.8. The molecule has 0 aromatic carbocycles. The van der Waals surface area contributed by atoms with Crippen LogP contribution in [0.5, 0.6) is 0 Å². The number of pyridine rings is 1. The van der Waals surface area contributed by atoms with Crippen LogP contribution in [-0.2, 0) is 0 Å². The number of hydrogen-bond donors (Lipinski definition) is 3. The maximum atomic E-state index is 12.2. The van der Waals surface area contributed by atoms with Gasteiger partial charge in [-0.2, -0.15) is 0 Å². The maximum absolute atomic E-state index is 12.2. The minimum absolute atomic E-state index is 0.222. The number of nitrogens with one attached hydrogen (secondary N) is 2. The zero-order chi connectivity index (χ0) is 17.3. The number of amides is 1. The molecular weight excluding hydrogens is 328 g/mol. The summed E-state index contributed by atoms with van der Waals surface area (Å²) < 4.78 is 0. The zero-order valence-corrected chi connectivity index (χ0v) is 14.1. The highest BCUT2D eigenvalue weighted by Crippen LogP contribution is 2.26. The van der Waals surface area contributed by atoms with Gasteiger partial charge in [0.1, 0.15) is 11.4 Å². The smallest absolute Gasteiger partial charge is 0.271 e. The third-order valence-electron chi connectivity index (χ3n) is 3.34. The Morgan fingerprint density at radius 1 is 1.42 bits per heavy atom. The molecule has 3 aromatic heterocycles. The van der Waals surface area contributed by atoms with Crippen LogP contribution in [0.15, 0.2) is 30.7 Å². The Hall–Kier alpha value is -2.51. The van der Waals surface area contributed by atoms with Crippen LogP contribution in [0, 0.1) is 0 Å². The van der Waals surface area contributed by atoms with E-state index in [1.165, 1.54) is 6.20 Å². The minimum atomic E-state index is -0.498. The highest BCUT2D eigenvalue weighted by molar-refractivity contribution is 6.33. The van der Waals surface area contributed by atoms with Gasteiger partial charge in [-0.05, 0) is 26.0 Å². The molecule has 1 amide bonds. The molecule has 0 bridgehead atoms. The summed E-state index contributed by atoms with van der Waals surface area (Å²) in [7, 11) is 0. The first-order valence-corrected chi connectivity index (χ1v) is 7.74. The molecule has 0 aliphatic heterocycles. The number of fused-ring (bicyclic) bond motifs is 1. The summed E-state index contributed by atoms with van der Waals surface area (Å²) in [5.74, 6) is -0.321. The average Bonchev–Trinajstić information content (AvgIpc) is 2.98. The normalized spacial score (nSPS) is 11.7. The number of nitrogens with two attached hydrogens (primary N) is 1. The first-order valence-electron chi connectivity index (χ1n) is 7.36. The van der Waals surface area contributed by atoms with E-state index in [-0.39, 0.29) is 11.6 Å². The Balaban J connectivity index is 1.89. The third kappa shape index (κ3) is 3.52. The Morgan fingerprint density at radius 3 is 2.92 bits per heavy atom. The fourth-order valence-electron chi connectivity index (χ4n) is 2.16. The van der Waals surface area contributed by atoms with Gasteiger partial charge in [-0.25, -0.2) is 9.97 Å². The van der Waals surface area contributed by atoms with E-state index in [2.05, 4.69) is 25.3 Å². The Labute approximate surface area is 143 Å². The Kier molecular flexibility index (Phi) is 4.21. The maximum Gasteiger partial charge on any atom is 0.271 e. The molecule has 0 fully saturated rings. The van der Waals surface area contributed by atoms with E-state index in [4.69, 9.17) is 17.3 Å². The summed E-state index contributed by atoms with van der Waals surface area (Å²) in [6.07, 6.45) is 4.63. The lowest BCUT2D eigenvalue weighted by molar-refractivity contribution is 0.0940. The van der Waals surface area contributed by atoms with Crippen molar-refractivity contribution in [3.8, 4) is 11.4 Å². The van der Waals surface area contributed by atoms with Gasteiger partial charge in [0.05, 0.1) is 23.6 Å². The fraction of sp³-hybridized carbons (Fsp3) is 0.250. The first-order chi connectivity index (χ1) is 11.3. The van der Waals surface area contributed by atoms with Crippen molar-refractivity contribution in [2.75, 3.05) is 6.54 Å². The van der Waals surface area contributed by atoms with E-state index < -0.39 is 5.54 Å². The number of H-pyrrole nitrogens is 1. The van der Waals surface area contributed by atoms with Crippen molar-refractivity contribution >= 4 is 28.4 Å². The topological polar surface area (TPSA) is 110 Å². The highest BCUT2D eigenvalue weighted by atomic mass is 35.5. The molecule has 124 valence electrons. The largest absolute Gasteiger partial charge is 0.351 e. The van der Waals surface area contributed by atoms with Gasteiger partial charge < -0.3 is 16.0 Å². The number of carbonyl (C=O) groups is 1. The number of rotatable bonds is 4. The van der Waals surface area contributed by atoms with E-state index in [0.717, 1.165) is 10.9 Å². The second kappa shape index (κ2) is 6.18. The van der Waals surface area contributed by atoms with Gasteiger partial charge in [0.2, 0.25) is 0 Å². The molecule has 0 aliphatic carbocycles. The average molecular weight is 345 g/mol. The predicted octanol–water partition coefficient (Wildman–Crippen LogP) is 2.14. The van der Waals surface area contributed by atoms with Crippen LogP contribution >= 0.6 is 11.6 Å². The molecule has 3 rings (SSSR count). The van der Waals surface area contributed by atoms with Gasteiger partial charge in [-0.15, -0.1) is 0 Å². The molecule has 3 aromatic rings. The standard InChI is InChI=1S/C16H17ClN6O/c1-16(2,18)8-21-15(24)12-7-19-6-11(22-12)10-5-9-3-4-20-14(17)13(9)23-10/h3-7,23H,8,18H2,1-2H3,(H,21,24). The molecule has 0 saturated heterocycles. The van der Waals surface area contributed by atoms with Crippen molar-refractivity contribution in [1.29, 1.82) is 0 Å². The zero-order valence-electron chi connectivity index (χ0n) is 13.3. The number of aromatic amines is 1.